The van der Waals surface area contributed by atoms with Crippen molar-refractivity contribution >= 4 is 22.0 Å². The van der Waals surface area contributed by atoms with E-state index in [1.807, 2.05) is 5.18 Å². The minimum absolute atomic E-state index is 0.0427. The van der Waals surface area contributed by atoms with E-state index >= 15 is 0 Å². The topological polar surface area (TPSA) is 102 Å². The van der Waals surface area contributed by atoms with Gasteiger partial charge in [0.2, 0.25) is 16.1 Å². The van der Waals surface area contributed by atoms with E-state index in [9.17, 15) is 31.3 Å². The van der Waals surface area contributed by atoms with E-state index in [4.69, 9.17) is 4.74 Å². The summed E-state index contributed by atoms with van der Waals surface area (Å²) in [6.45, 7) is 3.77. The van der Waals surface area contributed by atoms with Gasteiger partial charge in [0.05, 0.1) is 10.5 Å². The van der Waals surface area contributed by atoms with E-state index in [1.54, 1.807) is 13.8 Å². The molecular weight excluding hydrogens is 377 g/mol. The van der Waals surface area contributed by atoms with Crippen molar-refractivity contribution in [1.82, 2.24) is 4.72 Å². The minimum atomic E-state index is -4.95. The Morgan fingerprint density at radius 1 is 1.35 bits per heavy atom. The third kappa shape index (κ3) is 4.28. The lowest BCUT2D eigenvalue weighted by molar-refractivity contribution is -0.185. The van der Waals surface area contributed by atoms with Gasteiger partial charge in [0.1, 0.15) is 5.75 Å². The van der Waals surface area contributed by atoms with Gasteiger partial charge in [0.15, 0.2) is 0 Å². The molecular formula is C15H15F3N2O5S. The summed E-state index contributed by atoms with van der Waals surface area (Å²) in [5.41, 5.74) is -1.09. The summed E-state index contributed by atoms with van der Waals surface area (Å²) in [5.74, 6) is -1.86. The van der Waals surface area contributed by atoms with Crippen LogP contribution in [-0.4, -0.2) is 33.1 Å². The summed E-state index contributed by atoms with van der Waals surface area (Å²) in [6.07, 6.45) is -6.84. The van der Waals surface area contributed by atoms with Gasteiger partial charge in [0.25, 0.3) is 0 Å². The minimum Gasteiger partial charge on any atom is -0.475 e. The van der Waals surface area contributed by atoms with Crippen LogP contribution in [0.4, 0.5) is 13.2 Å². The van der Waals surface area contributed by atoms with Crippen LogP contribution in [0.3, 0.4) is 0 Å². The van der Waals surface area contributed by atoms with Gasteiger partial charge >= 0.3 is 12.1 Å². The van der Waals surface area contributed by atoms with Gasteiger partial charge in [-0.25, -0.2) is 13.1 Å². The molecule has 0 saturated carbocycles. The molecule has 2 rings (SSSR count). The Hall–Kier alpha value is -2.27. The number of alkyl halides is 3. The normalized spacial score (nSPS) is 17.3. The number of hydrogen-bond acceptors (Lipinski definition) is 5. The van der Waals surface area contributed by atoms with E-state index in [2.05, 4.69) is 4.72 Å². The summed E-state index contributed by atoms with van der Waals surface area (Å²) >= 11 is 0. The Morgan fingerprint density at radius 3 is 2.54 bits per heavy atom. The number of nitroso groups, excluding NO2 is 1. The fourth-order valence-corrected chi connectivity index (χ4v) is 3.43. The highest BCUT2D eigenvalue weighted by molar-refractivity contribution is 7.89. The fraction of sp³-hybridized carbons (Fsp3) is 0.400. The Balaban J connectivity index is 2.47. The molecule has 0 bridgehead atoms. The molecule has 1 heterocycles. The Bertz CT molecular complexity index is 863. The quantitative estimate of drug-likeness (QED) is 0.776. The van der Waals surface area contributed by atoms with Crippen LogP contribution in [0.2, 0.25) is 0 Å². The van der Waals surface area contributed by atoms with E-state index in [1.165, 1.54) is 0 Å². The number of carbonyl (C=O) groups excluding carboxylic acids is 1. The Labute approximate surface area is 147 Å². The first-order valence-electron chi connectivity index (χ1n) is 7.42. The molecule has 0 saturated heterocycles. The van der Waals surface area contributed by atoms with E-state index in [0.717, 1.165) is 24.3 Å². The van der Waals surface area contributed by atoms with Crippen molar-refractivity contribution in [2.24, 2.45) is 11.1 Å². The number of sulfonamides is 1. The van der Waals surface area contributed by atoms with Crippen LogP contribution in [0, 0.1) is 10.8 Å². The molecule has 0 aromatic heterocycles. The second-order valence-corrected chi connectivity index (χ2v) is 7.75. The van der Waals surface area contributed by atoms with Crippen molar-refractivity contribution < 1.29 is 31.1 Å². The number of nitrogens with zero attached hydrogens (tertiary/aromatic N) is 1. The first-order chi connectivity index (χ1) is 12.0. The number of benzene rings is 1. The van der Waals surface area contributed by atoms with Gasteiger partial charge in [0, 0.05) is 17.3 Å². The van der Waals surface area contributed by atoms with Crippen molar-refractivity contribution in [2.75, 3.05) is 6.54 Å². The van der Waals surface area contributed by atoms with Crippen LogP contribution in [0.5, 0.6) is 5.75 Å². The molecule has 0 spiro atoms. The van der Waals surface area contributed by atoms with Crippen molar-refractivity contribution in [2.45, 2.75) is 31.0 Å². The van der Waals surface area contributed by atoms with Crippen LogP contribution in [-0.2, 0) is 14.8 Å². The van der Waals surface area contributed by atoms with Crippen molar-refractivity contribution in [3.05, 3.63) is 34.2 Å². The second kappa shape index (κ2) is 7.16. The van der Waals surface area contributed by atoms with Crippen LogP contribution < -0.4 is 9.46 Å². The molecule has 1 aromatic carbocycles. The lowest BCUT2D eigenvalue weighted by atomic mass is 10.0. The molecule has 1 amide bonds. The maximum absolute atomic E-state index is 13.1. The fourth-order valence-electron chi connectivity index (χ4n) is 2.18. The maximum atomic E-state index is 13.1. The number of ether oxygens (including phenoxy) is 1. The van der Waals surface area contributed by atoms with Gasteiger partial charge in [-0.05, 0) is 30.2 Å². The standard InChI is InChI=1S/C15H15F3N2O5S/c1-8(2)7-19-26(23,24)10-3-4-12-9(5-10)6-11(14(21)20-22)13(25-12)15(16,17)18/h3-6,8,13,19H,7H2,1-2H3. The monoisotopic (exact) mass is 392 g/mol. The zero-order chi connectivity index (χ0) is 19.7. The smallest absolute Gasteiger partial charge is 0.429 e. The first kappa shape index (κ1) is 20.0. The zero-order valence-corrected chi connectivity index (χ0v) is 14.5. The van der Waals surface area contributed by atoms with Gasteiger partial charge in [-0.2, -0.15) is 13.2 Å². The molecule has 1 aliphatic rings. The average molecular weight is 392 g/mol. The van der Waals surface area contributed by atoms with Crippen molar-refractivity contribution in [3.63, 3.8) is 0 Å². The van der Waals surface area contributed by atoms with E-state index < -0.39 is 33.8 Å². The van der Waals surface area contributed by atoms with Gasteiger partial charge in [-0.15, -0.1) is 4.91 Å². The van der Waals surface area contributed by atoms with E-state index in [-0.39, 0.29) is 28.7 Å². The molecule has 1 N–H and O–H groups in total. The third-order valence-electron chi connectivity index (χ3n) is 3.44. The number of nitrogens with one attached hydrogen (secondary N) is 1. The predicted octanol–water partition coefficient (Wildman–Crippen LogP) is 2.62. The molecule has 142 valence electrons. The maximum Gasteiger partial charge on any atom is 0.429 e. The highest BCUT2D eigenvalue weighted by Gasteiger charge is 2.48. The SMILES string of the molecule is CC(C)CNS(=O)(=O)c1ccc2c(c1)C=C(C(=O)N=O)C(C(F)(F)F)O2. The number of carbonyl (C=O) groups is 1. The zero-order valence-electron chi connectivity index (χ0n) is 13.7. The highest BCUT2D eigenvalue weighted by Crippen LogP contribution is 2.38. The van der Waals surface area contributed by atoms with Crippen molar-refractivity contribution in [1.29, 1.82) is 0 Å². The van der Waals surface area contributed by atoms with Crippen LogP contribution in [0.15, 0.2) is 33.8 Å². The lowest BCUT2D eigenvalue weighted by Crippen LogP contribution is -2.40. The molecule has 1 unspecified atom stereocenters. The summed E-state index contributed by atoms with van der Waals surface area (Å²) < 4.78 is 70.8. The number of fused-ring (bicyclic) bond motifs is 1. The molecule has 7 nitrogen and oxygen atoms in total. The number of halogens is 3. The van der Waals surface area contributed by atoms with Gasteiger partial charge in [-0.3, -0.25) is 4.79 Å². The predicted molar refractivity (Wildman–Crippen MR) is 85.7 cm³/mol. The molecule has 1 atom stereocenters. The molecule has 26 heavy (non-hydrogen) atoms. The average Bonchev–Trinajstić information content (AvgIpc) is 2.56. The largest absolute Gasteiger partial charge is 0.475 e. The number of rotatable bonds is 5. The first-order valence-corrected chi connectivity index (χ1v) is 8.90. The van der Waals surface area contributed by atoms with Gasteiger partial charge < -0.3 is 4.74 Å². The van der Waals surface area contributed by atoms with E-state index in [0.29, 0.717) is 0 Å². The Kier molecular flexibility index (Phi) is 5.52. The number of hydrogen-bond donors (Lipinski definition) is 1. The molecule has 11 heteroatoms. The molecule has 0 fully saturated rings. The molecule has 0 aliphatic carbocycles. The van der Waals surface area contributed by atoms with Gasteiger partial charge in [-0.1, -0.05) is 13.8 Å². The van der Waals surface area contributed by atoms with Crippen LogP contribution in [0.25, 0.3) is 6.08 Å². The second-order valence-electron chi connectivity index (χ2n) is 5.98. The summed E-state index contributed by atoms with van der Waals surface area (Å²) in [7, 11) is -3.90. The summed E-state index contributed by atoms with van der Waals surface area (Å²) in [4.78, 5) is 21.6. The van der Waals surface area contributed by atoms with Crippen molar-refractivity contribution in [3.8, 4) is 5.75 Å². The molecule has 0 radical (unpaired) electrons. The number of amides is 1. The lowest BCUT2D eigenvalue weighted by Gasteiger charge is -2.27. The van der Waals surface area contributed by atoms with Crippen LogP contribution >= 0.6 is 0 Å². The van der Waals surface area contributed by atoms with Crippen LogP contribution in [0.1, 0.15) is 19.4 Å². The molecule has 1 aromatic rings. The highest BCUT2D eigenvalue weighted by atomic mass is 32.2. The third-order valence-corrected chi connectivity index (χ3v) is 4.86. The summed E-state index contributed by atoms with van der Waals surface area (Å²) in [5, 5.41) is 2.00. The Morgan fingerprint density at radius 2 is 2.00 bits per heavy atom. The molecule has 1 aliphatic heterocycles. The summed E-state index contributed by atoms with van der Waals surface area (Å²) in [6, 6.07) is 3.21.